The summed E-state index contributed by atoms with van der Waals surface area (Å²) < 4.78 is 27.0. The zero-order valence-corrected chi connectivity index (χ0v) is 12.6. The molecule has 116 valence electrons. The quantitative estimate of drug-likeness (QED) is 0.699. The average molecular weight is 313 g/mol. The summed E-state index contributed by atoms with van der Waals surface area (Å²) in [7, 11) is -3.64. The average Bonchev–Trinajstić information content (AvgIpc) is 2.47. The van der Waals surface area contributed by atoms with Crippen LogP contribution < -0.4 is 14.9 Å². The molecule has 0 aromatic heterocycles. The Morgan fingerprint density at radius 3 is 2.86 bits per heavy atom. The maximum atomic E-state index is 12.3. The minimum Gasteiger partial charge on any atom is -0.480 e. The Bertz CT molecular complexity index is 618. The summed E-state index contributed by atoms with van der Waals surface area (Å²) in [5.74, 6) is -0.974. The van der Waals surface area contributed by atoms with Crippen LogP contribution in [0.25, 0.3) is 0 Å². The van der Waals surface area contributed by atoms with Gasteiger partial charge in [-0.3, -0.25) is 0 Å². The number of rotatable bonds is 5. The number of hydrogen-bond acceptors (Lipinski definition) is 5. The highest BCUT2D eigenvalue weighted by atomic mass is 32.2. The third kappa shape index (κ3) is 3.34. The van der Waals surface area contributed by atoms with Gasteiger partial charge in [-0.05, 0) is 12.1 Å². The van der Waals surface area contributed by atoms with Gasteiger partial charge in [0.25, 0.3) is 0 Å². The molecular formula is C13H19N3O4S. The lowest BCUT2D eigenvalue weighted by Crippen LogP contribution is -2.55. The van der Waals surface area contributed by atoms with Gasteiger partial charge in [-0.1, -0.05) is 19.1 Å². The minimum atomic E-state index is -3.64. The maximum absolute atomic E-state index is 12.3. The molecule has 3 N–H and O–H groups in total. The van der Waals surface area contributed by atoms with E-state index in [1.807, 2.05) is 0 Å². The molecule has 0 saturated carbocycles. The van der Waals surface area contributed by atoms with E-state index in [2.05, 4.69) is 10.0 Å². The molecule has 0 aliphatic carbocycles. The van der Waals surface area contributed by atoms with Crippen molar-refractivity contribution in [3.8, 4) is 0 Å². The molecule has 1 aliphatic rings. The van der Waals surface area contributed by atoms with Crippen LogP contribution in [0.5, 0.6) is 0 Å². The third-order valence-corrected chi connectivity index (χ3v) is 4.92. The zero-order valence-electron chi connectivity index (χ0n) is 11.7. The first kappa shape index (κ1) is 15.7. The first-order valence-corrected chi connectivity index (χ1v) is 8.24. The molecule has 1 aromatic carbocycles. The van der Waals surface area contributed by atoms with Crippen LogP contribution in [0.15, 0.2) is 29.2 Å². The summed E-state index contributed by atoms with van der Waals surface area (Å²) in [5.41, 5.74) is 0.423. The van der Waals surface area contributed by atoms with Crippen LogP contribution in [-0.4, -0.2) is 51.7 Å². The van der Waals surface area contributed by atoms with Gasteiger partial charge >= 0.3 is 5.97 Å². The van der Waals surface area contributed by atoms with Gasteiger partial charge in [0.05, 0.1) is 5.69 Å². The summed E-state index contributed by atoms with van der Waals surface area (Å²) in [6.07, 6.45) is 0. The number of hydrogen-bond donors (Lipinski definition) is 3. The van der Waals surface area contributed by atoms with E-state index in [9.17, 15) is 18.3 Å². The Hall–Kier alpha value is -1.64. The highest BCUT2D eigenvalue weighted by Gasteiger charge is 2.31. The van der Waals surface area contributed by atoms with Crippen molar-refractivity contribution in [2.45, 2.75) is 17.9 Å². The highest BCUT2D eigenvalue weighted by Crippen LogP contribution is 2.27. The Morgan fingerprint density at radius 1 is 1.48 bits per heavy atom. The normalized spacial score (nSPS) is 19.5. The number of para-hydroxylation sites is 1. The van der Waals surface area contributed by atoms with Gasteiger partial charge in [-0.2, -0.15) is 0 Å². The summed E-state index contributed by atoms with van der Waals surface area (Å²) >= 11 is 0. The first-order valence-electron chi connectivity index (χ1n) is 6.76. The lowest BCUT2D eigenvalue weighted by Gasteiger charge is -2.36. The van der Waals surface area contributed by atoms with Crippen LogP contribution in [-0.2, 0) is 14.8 Å². The van der Waals surface area contributed by atoms with Crippen molar-refractivity contribution in [1.29, 1.82) is 0 Å². The van der Waals surface area contributed by atoms with Gasteiger partial charge in [0, 0.05) is 26.2 Å². The fourth-order valence-corrected chi connectivity index (χ4v) is 3.66. The SMILES string of the molecule is CCNS(=O)(=O)c1ccccc1N1CCNCC1C(=O)O. The molecule has 0 spiro atoms. The standard InChI is InChI=1S/C13H19N3O4S/c1-2-15-21(19,20)12-6-4-3-5-10(12)16-8-7-14-9-11(16)13(17)18/h3-6,11,14-15H,2,7-9H2,1H3,(H,17,18). The molecule has 2 rings (SSSR count). The van der Waals surface area contributed by atoms with E-state index in [1.54, 1.807) is 30.0 Å². The van der Waals surface area contributed by atoms with Crippen molar-refractivity contribution < 1.29 is 18.3 Å². The number of carboxylic acids is 1. The Kier molecular flexibility index (Phi) is 4.81. The van der Waals surface area contributed by atoms with E-state index < -0.39 is 22.0 Å². The number of nitrogens with one attached hydrogen (secondary N) is 2. The summed E-state index contributed by atoms with van der Waals surface area (Å²) in [6, 6.07) is 5.70. The van der Waals surface area contributed by atoms with Gasteiger partial charge in [-0.25, -0.2) is 17.9 Å². The molecule has 1 unspecified atom stereocenters. The number of aliphatic carboxylic acids is 1. The smallest absolute Gasteiger partial charge is 0.327 e. The topological polar surface area (TPSA) is 98.7 Å². The van der Waals surface area contributed by atoms with E-state index in [0.717, 1.165) is 0 Å². The minimum absolute atomic E-state index is 0.111. The molecule has 21 heavy (non-hydrogen) atoms. The van der Waals surface area contributed by atoms with Gasteiger partial charge in [0.2, 0.25) is 10.0 Å². The number of carbonyl (C=O) groups is 1. The second-order valence-electron chi connectivity index (χ2n) is 4.72. The second kappa shape index (κ2) is 6.42. The van der Waals surface area contributed by atoms with Crippen LogP contribution >= 0.6 is 0 Å². The molecule has 1 heterocycles. The molecule has 1 aromatic rings. The van der Waals surface area contributed by atoms with Crippen molar-refractivity contribution in [3.05, 3.63) is 24.3 Å². The van der Waals surface area contributed by atoms with Crippen molar-refractivity contribution in [3.63, 3.8) is 0 Å². The molecule has 0 radical (unpaired) electrons. The first-order chi connectivity index (χ1) is 9.97. The van der Waals surface area contributed by atoms with E-state index in [-0.39, 0.29) is 18.0 Å². The molecule has 0 amide bonds. The van der Waals surface area contributed by atoms with Gasteiger partial charge < -0.3 is 15.3 Å². The Morgan fingerprint density at radius 2 is 2.19 bits per heavy atom. The van der Waals surface area contributed by atoms with Gasteiger partial charge in [0.15, 0.2) is 0 Å². The van der Waals surface area contributed by atoms with E-state index in [0.29, 0.717) is 18.8 Å². The number of sulfonamides is 1. The lowest BCUT2D eigenvalue weighted by molar-refractivity contribution is -0.138. The molecule has 1 saturated heterocycles. The molecule has 1 fully saturated rings. The van der Waals surface area contributed by atoms with Crippen molar-refractivity contribution in [2.75, 3.05) is 31.1 Å². The maximum Gasteiger partial charge on any atom is 0.327 e. The number of carboxylic acid groups (broad SMARTS) is 1. The molecule has 1 aliphatic heterocycles. The summed E-state index contributed by atoms with van der Waals surface area (Å²) in [5, 5.41) is 12.3. The molecule has 7 nitrogen and oxygen atoms in total. The molecule has 0 bridgehead atoms. The Balaban J connectivity index is 2.46. The van der Waals surface area contributed by atoms with Crippen molar-refractivity contribution >= 4 is 21.7 Å². The van der Waals surface area contributed by atoms with Crippen molar-refractivity contribution in [1.82, 2.24) is 10.0 Å². The molecular weight excluding hydrogens is 294 g/mol. The number of benzene rings is 1. The third-order valence-electron chi connectivity index (χ3n) is 3.33. The van der Waals surface area contributed by atoms with Crippen LogP contribution in [0.1, 0.15) is 6.92 Å². The van der Waals surface area contributed by atoms with E-state index >= 15 is 0 Å². The van der Waals surface area contributed by atoms with Gasteiger partial charge in [-0.15, -0.1) is 0 Å². The monoisotopic (exact) mass is 313 g/mol. The number of piperazine rings is 1. The van der Waals surface area contributed by atoms with Crippen LogP contribution in [0.3, 0.4) is 0 Å². The van der Waals surface area contributed by atoms with Crippen molar-refractivity contribution in [2.24, 2.45) is 0 Å². The summed E-state index contributed by atoms with van der Waals surface area (Å²) in [4.78, 5) is 13.1. The number of nitrogens with zero attached hydrogens (tertiary/aromatic N) is 1. The van der Waals surface area contributed by atoms with Crippen LogP contribution in [0.4, 0.5) is 5.69 Å². The fraction of sp³-hybridized carbons (Fsp3) is 0.462. The van der Waals surface area contributed by atoms with Crippen LogP contribution in [0.2, 0.25) is 0 Å². The van der Waals surface area contributed by atoms with E-state index in [1.165, 1.54) is 6.07 Å². The van der Waals surface area contributed by atoms with Gasteiger partial charge in [0.1, 0.15) is 10.9 Å². The second-order valence-corrected chi connectivity index (χ2v) is 6.46. The fourth-order valence-electron chi connectivity index (χ4n) is 2.40. The molecule has 1 atom stereocenters. The summed E-state index contributed by atoms with van der Waals surface area (Å²) in [6.45, 7) is 3.31. The predicted molar refractivity (Wildman–Crippen MR) is 78.9 cm³/mol. The van der Waals surface area contributed by atoms with Crippen LogP contribution in [0, 0.1) is 0 Å². The Labute approximate surface area is 124 Å². The molecule has 8 heteroatoms. The number of anilines is 1. The largest absolute Gasteiger partial charge is 0.480 e. The van der Waals surface area contributed by atoms with E-state index in [4.69, 9.17) is 0 Å². The highest BCUT2D eigenvalue weighted by molar-refractivity contribution is 7.89. The predicted octanol–water partition coefficient (Wildman–Crippen LogP) is -0.152. The lowest BCUT2D eigenvalue weighted by atomic mass is 10.1. The zero-order chi connectivity index (χ0) is 15.5.